The SMILES string of the molecule is N#Cc1sc([S+]([O-])Cc2ccccc2)c(C#N)c1Cl. The van der Waals surface area contributed by atoms with E-state index in [1.165, 1.54) is 0 Å². The Labute approximate surface area is 122 Å². The summed E-state index contributed by atoms with van der Waals surface area (Å²) in [6, 6.07) is 13.2. The summed E-state index contributed by atoms with van der Waals surface area (Å²) in [6.07, 6.45) is 0. The third-order valence-corrected chi connectivity index (χ3v) is 5.78. The second-order valence-electron chi connectivity index (χ2n) is 3.61. The molecule has 1 heterocycles. The van der Waals surface area contributed by atoms with Crippen molar-refractivity contribution in [3.8, 4) is 12.1 Å². The average molecular weight is 307 g/mol. The quantitative estimate of drug-likeness (QED) is 0.815. The fraction of sp³-hybridized carbons (Fsp3) is 0.0769. The van der Waals surface area contributed by atoms with Crippen molar-refractivity contribution in [1.82, 2.24) is 0 Å². The van der Waals surface area contributed by atoms with Gasteiger partial charge in [-0.25, -0.2) is 0 Å². The molecule has 0 saturated carbocycles. The van der Waals surface area contributed by atoms with Gasteiger partial charge in [0.25, 0.3) is 0 Å². The molecule has 0 N–H and O–H groups in total. The van der Waals surface area contributed by atoms with Crippen LogP contribution in [0.1, 0.15) is 16.0 Å². The van der Waals surface area contributed by atoms with Crippen LogP contribution in [0.2, 0.25) is 5.02 Å². The summed E-state index contributed by atoms with van der Waals surface area (Å²) in [5.74, 6) is 0.303. The Kier molecular flexibility index (Phi) is 4.47. The smallest absolute Gasteiger partial charge is 0.227 e. The van der Waals surface area contributed by atoms with E-state index in [0.717, 1.165) is 16.9 Å². The molecule has 1 aromatic heterocycles. The van der Waals surface area contributed by atoms with Crippen molar-refractivity contribution in [3.05, 3.63) is 51.4 Å². The highest BCUT2D eigenvalue weighted by atomic mass is 35.5. The number of rotatable bonds is 3. The van der Waals surface area contributed by atoms with Gasteiger partial charge >= 0.3 is 0 Å². The third-order valence-electron chi connectivity index (χ3n) is 2.38. The lowest BCUT2D eigenvalue weighted by Gasteiger charge is -2.08. The Morgan fingerprint density at radius 1 is 1.21 bits per heavy atom. The van der Waals surface area contributed by atoms with Crippen LogP contribution in [0.25, 0.3) is 0 Å². The van der Waals surface area contributed by atoms with Crippen LogP contribution < -0.4 is 0 Å². The van der Waals surface area contributed by atoms with E-state index in [-0.39, 0.29) is 15.5 Å². The van der Waals surface area contributed by atoms with E-state index in [1.54, 1.807) is 0 Å². The minimum Gasteiger partial charge on any atom is -0.611 e. The van der Waals surface area contributed by atoms with Crippen molar-refractivity contribution in [2.24, 2.45) is 0 Å². The molecule has 6 heteroatoms. The molecular weight excluding hydrogens is 300 g/mol. The zero-order valence-electron chi connectivity index (χ0n) is 9.59. The van der Waals surface area contributed by atoms with Crippen LogP contribution in [-0.4, -0.2) is 4.55 Å². The predicted octanol–water partition coefficient (Wildman–Crippen LogP) is 3.45. The number of halogens is 1. The van der Waals surface area contributed by atoms with Gasteiger partial charge in [-0.2, -0.15) is 10.5 Å². The summed E-state index contributed by atoms with van der Waals surface area (Å²) >= 11 is 5.55. The maximum Gasteiger partial charge on any atom is 0.227 e. The first kappa shape index (κ1) is 13.9. The molecule has 0 bridgehead atoms. The molecule has 2 aromatic rings. The van der Waals surface area contributed by atoms with E-state index < -0.39 is 11.2 Å². The number of benzene rings is 1. The van der Waals surface area contributed by atoms with Crippen molar-refractivity contribution < 1.29 is 4.55 Å². The molecular formula is C13H7ClN2OS2. The van der Waals surface area contributed by atoms with E-state index in [2.05, 4.69) is 0 Å². The van der Waals surface area contributed by atoms with E-state index in [9.17, 15) is 4.55 Å². The molecule has 0 saturated heterocycles. The minimum absolute atomic E-state index is 0.103. The number of thiophene rings is 1. The summed E-state index contributed by atoms with van der Waals surface area (Å²) in [4.78, 5) is 0.231. The molecule has 1 atom stereocenters. The summed E-state index contributed by atoms with van der Waals surface area (Å²) in [6.45, 7) is 0. The highest BCUT2D eigenvalue weighted by Gasteiger charge is 2.26. The van der Waals surface area contributed by atoms with Crippen molar-refractivity contribution in [2.75, 3.05) is 0 Å². The van der Waals surface area contributed by atoms with Gasteiger partial charge < -0.3 is 4.55 Å². The van der Waals surface area contributed by atoms with Crippen molar-refractivity contribution in [3.63, 3.8) is 0 Å². The van der Waals surface area contributed by atoms with Crippen LogP contribution in [0.15, 0.2) is 34.5 Å². The molecule has 0 aliphatic carbocycles. The molecule has 1 aromatic carbocycles. The fourth-order valence-electron chi connectivity index (χ4n) is 1.51. The highest BCUT2D eigenvalue weighted by molar-refractivity contribution is 7.92. The lowest BCUT2D eigenvalue weighted by molar-refractivity contribution is 0.596. The molecule has 0 fully saturated rings. The van der Waals surface area contributed by atoms with E-state index >= 15 is 0 Å². The number of hydrogen-bond acceptors (Lipinski definition) is 4. The molecule has 19 heavy (non-hydrogen) atoms. The Morgan fingerprint density at radius 3 is 2.47 bits per heavy atom. The summed E-state index contributed by atoms with van der Waals surface area (Å²) in [7, 11) is 0. The largest absolute Gasteiger partial charge is 0.611 e. The van der Waals surface area contributed by atoms with Crippen LogP contribution in [-0.2, 0) is 16.9 Å². The normalized spacial score (nSPS) is 11.6. The molecule has 0 radical (unpaired) electrons. The average Bonchev–Trinajstić information content (AvgIpc) is 2.76. The van der Waals surface area contributed by atoms with E-state index in [0.29, 0.717) is 9.96 Å². The van der Waals surface area contributed by atoms with Gasteiger partial charge in [-0.1, -0.05) is 53.3 Å². The maximum atomic E-state index is 12.3. The first-order valence-corrected chi connectivity index (χ1v) is 7.73. The molecule has 3 nitrogen and oxygen atoms in total. The maximum absolute atomic E-state index is 12.3. The summed E-state index contributed by atoms with van der Waals surface area (Å²) in [5, 5.41) is 18.0. The monoisotopic (exact) mass is 306 g/mol. The van der Waals surface area contributed by atoms with E-state index in [1.807, 2.05) is 42.5 Å². The van der Waals surface area contributed by atoms with Crippen molar-refractivity contribution in [2.45, 2.75) is 9.96 Å². The second kappa shape index (κ2) is 6.10. The van der Waals surface area contributed by atoms with Gasteiger partial charge in [0.2, 0.25) is 4.21 Å². The van der Waals surface area contributed by atoms with Crippen LogP contribution in [0.3, 0.4) is 0 Å². The van der Waals surface area contributed by atoms with Crippen LogP contribution >= 0.6 is 22.9 Å². The summed E-state index contributed by atoms with van der Waals surface area (Å²) < 4.78 is 12.6. The molecule has 0 spiro atoms. The standard InChI is InChI=1S/C13H7ClN2OS2/c14-12-10(6-15)13(18-11(12)7-16)19(17)8-9-4-2-1-3-5-9/h1-5H,8H2. The van der Waals surface area contributed by atoms with Gasteiger partial charge in [0.05, 0.1) is 5.02 Å². The van der Waals surface area contributed by atoms with Gasteiger partial charge in [-0.05, 0) is 0 Å². The fourth-order valence-corrected chi connectivity index (χ4v) is 4.39. The lowest BCUT2D eigenvalue weighted by Crippen LogP contribution is -2.04. The summed E-state index contributed by atoms with van der Waals surface area (Å²) in [5.41, 5.74) is 1.06. The van der Waals surface area contributed by atoms with Crippen molar-refractivity contribution >= 4 is 34.1 Å². The molecule has 0 aliphatic rings. The molecule has 0 aliphatic heterocycles. The topological polar surface area (TPSA) is 70.6 Å². The number of hydrogen-bond donors (Lipinski definition) is 0. The van der Waals surface area contributed by atoms with Gasteiger partial charge in [-0.3, -0.25) is 0 Å². The Morgan fingerprint density at radius 2 is 1.89 bits per heavy atom. The Balaban J connectivity index is 2.33. The number of nitrogens with zero attached hydrogens (tertiary/aromatic N) is 2. The number of nitriles is 2. The molecule has 94 valence electrons. The van der Waals surface area contributed by atoms with Crippen LogP contribution in [0.5, 0.6) is 0 Å². The zero-order valence-corrected chi connectivity index (χ0v) is 12.0. The Hall–Kier alpha value is -1.50. The third kappa shape index (κ3) is 2.91. The highest BCUT2D eigenvalue weighted by Crippen LogP contribution is 2.36. The second-order valence-corrected chi connectivity index (χ2v) is 6.65. The zero-order chi connectivity index (χ0) is 13.8. The first-order valence-electron chi connectivity index (χ1n) is 5.22. The molecule has 1 unspecified atom stereocenters. The van der Waals surface area contributed by atoms with Gasteiger partial charge in [-0.15, -0.1) is 0 Å². The molecule has 0 amide bonds. The minimum atomic E-state index is -1.38. The lowest BCUT2D eigenvalue weighted by atomic mass is 10.2. The van der Waals surface area contributed by atoms with Crippen LogP contribution in [0, 0.1) is 22.7 Å². The Bertz CT molecular complexity index is 670. The molecule has 2 rings (SSSR count). The van der Waals surface area contributed by atoms with Gasteiger partial charge in [0.1, 0.15) is 28.3 Å². The van der Waals surface area contributed by atoms with Crippen molar-refractivity contribution in [1.29, 1.82) is 10.5 Å². The van der Waals surface area contributed by atoms with Gasteiger partial charge in [0, 0.05) is 16.7 Å². The van der Waals surface area contributed by atoms with Gasteiger partial charge in [0.15, 0.2) is 0 Å². The first-order chi connectivity index (χ1) is 9.17. The van der Waals surface area contributed by atoms with Crippen LogP contribution in [0.4, 0.5) is 0 Å². The van der Waals surface area contributed by atoms with E-state index in [4.69, 9.17) is 22.1 Å². The predicted molar refractivity (Wildman–Crippen MR) is 75.3 cm³/mol.